The number of aliphatic hydroxyl groups is 1. The molecule has 18 heavy (non-hydrogen) atoms. The first-order valence-electron chi connectivity index (χ1n) is 6.24. The number of rotatable bonds is 3. The van der Waals surface area contributed by atoms with Crippen LogP contribution in [0.15, 0.2) is 12.2 Å². The zero-order chi connectivity index (χ0) is 14.0. The summed E-state index contributed by atoms with van der Waals surface area (Å²) in [6.45, 7) is 4.96. The fourth-order valence-electron chi connectivity index (χ4n) is 2.85. The molecule has 0 bridgehead atoms. The summed E-state index contributed by atoms with van der Waals surface area (Å²) in [5.74, 6) is -0.943. The molecule has 4 nitrogen and oxygen atoms in total. The molecule has 0 amide bonds. The van der Waals surface area contributed by atoms with Gasteiger partial charge in [0.05, 0.1) is 18.1 Å². The van der Waals surface area contributed by atoms with Crippen LogP contribution in [0.1, 0.15) is 40.0 Å². The molecule has 1 aliphatic rings. The van der Waals surface area contributed by atoms with Crippen LogP contribution in [-0.4, -0.2) is 29.6 Å². The summed E-state index contributed by atoms with van der Waals surface area (Å²) in [6, 6.07) is 0. The summed E-state index contributed by atoms with van der Waals surface area (Å²) >= 11 is 0. The summed E-state index contributed by atoms with van der Waals surface area (Å²) in [6.07, 6.45) is 4.82. The second kappa shape index (κ2) is 5.22. The maximum Gasteiger partial charge on any atom is 0.315 e. The average molecular weight is 254 g/mol. The maximum absolute atomic E-state index is 12.0. The van der Waals surface area contributed by atoms with Crippen molar-refractivity contribution in [3.63, 3.8) is 0 Å². The molecule has 1 rings (SSSR count). The molecule has 1 fully saturated rings. The lowest BCUT2D eigenvalue weighted by Crippen LogP contribution is -2.49. The number of Topliss-reactive ketones (excluding diaryl/α,β-unsaturated/α-hetero) is 1. The van der Waals surface area contributed by atoms with Gasteiger partial charge in [-0.25, -0.2) is 0 Å². The normalized spacial score (nSPS) is 36.6. The molecule has 3 unspecified atom stereocenters. The van der Waals surface area contributed by atoms with E-state index in [1.54, 1.807) is 19.1 Å². The zero-order valence-corrected chi connectivity index (χ0v) is 11.5. The molecular formula is C14H22O4. The molecule has 102 valence electrons. The summed E-state index contributed by atoms with van der Waals surface area (Å²) in [5, 5.41) is 10.3. The lowest BCUT2D eigenvalue weighted by molar-refractivity contribution is -0.159. The Morgan fingerprint density at radius 2 is 2.00 bits per heavy atom. The van der Waals surface area contributed by atoms with Gasteiger partial charge in [-0.3, -0.25) is 9.59 Å². The van der Waals surface area contributed by atoms with Gasteiger partial charge in [0.1, 0.15) is 5.78 Å². The topological polar surface area (TPSA) is 63.6 Å². The Kier molecular flexibility index (Phi) is 4.32. The lowest BCUT2D eigenvalue weighted by atomic mass is 9.62. The molecule has 0 radical (unpaired) electrons. The van der Waals surface area contributed by atoms with Gasteiger partial charge in [-0.05, 0) is 40.0 Å². The summed E-state index contributed by atoms with van der Waals surface area (Å²) in [5.41, 5.74) is -1.81. The van der Waals surface area contributed by atoms with Crippen molar-refractivity contribution >= 4 is 11.8 Å². The molecule has 0 aromatic rings. The van der Waals surface area contributed by atoms with Crippen molar-refractivity contribution in [3.8, 4) is 0 Å². The number of hydrogen-bond acceptors (Lipinski definition) is 4. The minimum atomic E-state index is -1.04. The molecule has 3 atom stereocenters. The predicted octanol–water partition coefficient (Wildman–Crippen LogP) is 1.86. The van der Waals surface area contributed by atoms with Gasteiger partial charge >= 0.3 is 5.97 Å². The van der Waals surface area contributed by atoms with Crippen LogP contribution in [0.25, 0.3) is 0 Å². The standard InChI is InChI=1S/C14H22O4/c1-5-6-14(12(16)18-4)8-7-13(3,17)11(9-14)10(2)15/h5-6,11,17H,7-9H2,1-4H3/b6-5+. The van der Waals surface area contributed by atoms with E-state index < -0.39 is 16.9 Å². The van der Waals surface area contributed by atoms with Crippen LogP contribution in [0.2, 0.25) is 0 Å². The number of ketones is 1. The first kappa shape index (κ1) is 14.9. The Hall–Kier alpha value is -1.16. The Labute approximate surface area is 108 Å². The van der Waals surface area contributed by atoms with E-state index in [1.165, 1.54) is 14.0 Å². The minimum absolute atomic E-state index is 0.0857. The molecule has 0 aliphatic heterocycles. The largest absolute Gasteiger partial charge is 0.468 e. The van der Waals surface area contributed by atoms with Crippen LogP contribution in [0, 0.1) is 11.3 Å². The van der Waals surface area contributed by atoms with Crippen molar-refractivity contribution in [2.45, 2.75) is 45.6 Å². The summed E-state index contributed by atoms with van der Waals surface area (Å²) in [7, 11) is 1.35. The number of esters is 1. The number of hydrogen-bond donors (Lipinski definition) is 1. The quantitative estimate of drug-likeness (QED) is 0.617. The van der Waals surface area contributed by atoms with Crippen molar-refractivity contribution in [3.05, 3.63) is 12.2 Å². The van der Waals surface area contributed by atoms with E-state index in [4.69, 9.17) is 4.74 Å². The number of ether oxygens (including phenoxy) is 1. The highest BCUT2D eigenvalue weighted by Gasteiger charge is 2.50. The predicted molar refractivity (Wildman–Crippen MR) is 67.9 cm³/mol. The average Bonchev–Trinajstić information content (AvgIpc) is 2.30. The Morgan fingerprint density at radius 1 is 1.39 bits per heavy atom. The fraction of sp³-hybridized carbons (Fsp3) is 0.714. The SMILES string of the molecule is C/C=C/C1(C(=O)OC)CCC(C)(O)C(C(C)=O)C1. The van der Waals surface area contributed by atoms with Crippen LogP contribution < -0.4 is 0 Å². The molecular weight excluding hydrogens is 232 g/mol. The molecule has 1 saturated carbocycles. The molecule has 0 aromatic carbocycles. The van der Waals surface area contributed by atoms with E-state index in [0.29, 0.717) is 19.3 Å². The van der Waals surface area contributed by atoms with Crippen LogP contribution >= 0.6 is 0 Å². The first-order valence-corrected chi connectivity index (χ1v) is 6.24. The highest BCUT2D eigenvalue weighted by Crippen LogP contribution is 2.46. The lowest BCUT2D eigenvalue weighted by Gasteiger charge is -2.44. The van der Waals surface area contributed by atoms with Gasteiger partial charge in [0.25, 0.3) is 0 Å². The third-order valence-corrected chi connectivity index (χ3v) is 3.96. The van der Waals surface area contributed by atoms with Crippen LogP contribution in [0.3, 0.4) is 0 Å². The van der Waals surface area contributed by atoms with Crippen LogP contribution in [0.4, 0.5) is 0 Å². The summed E-state index contributed by atoms with van der Waals surface area (Å²) in [4.78, 5) is 23.7. The van der Waals surface area contributed by atoms with E-state index in [1.807, 2.05) is 6.92 Å². The number of methoxy groups -OCH3 is 1. The molecule has 0 heterocycles. The van der Waals surface area contributed by atoms with Gasteiger partial charge in [0.15, 0.2) is 0 Å². The molecule has 4 heteroatoms. The second-order valence-corrected chi connectivity index (χ2v) is 5.37. The van der Waals surface area contributed by atoms with Crippen molar-refractivity contribution < 1.29 is 19.4 Å². The maximum atomic E-state index is 12.0. The van der Waals surface area contributed by atoms with Crippen LogP contribution in [-0.2, 0) is 14.3 Å². The van der Waals surface area contributed by atoms with Crippen molar-refractivity contribution in [2.75, 3.05) is 7.11 Å². The second-order valence-electron chi connectivity index (χ2n) is 5.37. The van der Waals surface area contributed by atoms with Gasteiger partial charge in [0, 0.05) is 5.92 Å². The molecule has 1 aliphatic carbocycles. The minimum Gasteiger partial charge on any atom is -0.468 e. The highest BCUT2D eigenvalue weighted by atomic mass is 16.5. The van der Waals surface area contributed by atoms with Crippen molar-refractivity contribution in [1.29, 1.82) is 0 Å². The van der Waals surface area contributed by atoms with Crippen molar-refractivity contribution in [2.24, 2.45) is 11.3 Å². The number of allylic oxidation sites excluding steroid dienone is 1. The van der Waals surface area contributed by atoms with Gasteiger partial charge < -0.3 is 9.84 Å². The third-order valence-electron chi connectivity index (χ3n) is 3.96. The van der Waals surface area contributed by atoms with Gasteiger partial charge in [-0.1, -0.05) is 12.2 Å². The monoisotopic (exact) mass is 254 g/mol. The zero-order valence-electron chi connectivity index (χ0n) is 11.5. The third kappa shape index (κ3) is 2.64. The number of carbonyl (C=O) groups is 2. The summed E-state index contributed by atoms with van der Waals surface area (Å²) < 4.78 is 4.86. The molecule has 0 aromatic heterocycles. The van der Waals surface area contributed by atoms with Gasteiger partial charge in [0.2, 0.25) is 0 Å². The molecule has 0 spiro atoms. The first-order chi connectivity index (χ1) is 8.29. The van der Waals surface area contributed by atoms with Gasteiger partial charge in [-0.15, -0.1) is 0 Å². The smallest absolute Gasteiger partial charge is 0.315 e. The molecule has 1 N–H and O–H groups in total. The van der Waals surface area contributed by atoms with Crippen LogP contribution in [0.5, 0.6) is 0 Å². The molecule has 0 saturated heterocycles. The fourth-order valence-corrected chi connectivity index (χ4v) is 2.85. The van der Waals surface area contributed by atoms with Gasteiger partial charge in [-0.2, -0.15) is 0 Å². The Bertz CT molecular complexity index is 370. The highest BCUT2D eigenvalue weighted by molar-refractivity contribution is 5.84. The van der Waals surface area contributed by atoms with E-state index in [2.05, 4.69) is 0 Å². The number of carbonyl (C=O) groups excluding carboxylic acids is 2. The van der Waals surface area contributed by atoms with E-state index in [-0.39, 0.29) is 11.8 Å². The Balaban J connectivity index is 3.11. The van der Waals surface area contributed by atoms with E-state index in [9.17, 15) is 14.7 Å². The van der Waals surface area contributed by atoms with Crippen molar-refractivity contribution in [1.82, 2.24) is 0 Å². The Morgan fingerprint density at radius 3 is 2.44 bits per heavy atom. The van der Waals surface area contributed by atoms with E-state index in [0.717, 1.165) is 0 Å². The van der Waals surface area contributed by atoms with E-state index >= 15 is 0 Å².